The molecule has 9 heteroatoms. The average Bonchev–Trinajstić information content (AvgIpc) is 3.39. The van der Waals surface area contributed by atoms with Gasteiger partial charge in [0.1, 0.15) is 0 Å². The molecule has 1 amide bonds. The van der Waals surface area contributed by atoms with E-state index in [1.54, 1.807) is 35.5 Å². The highest BCUT2D eigenvalue weighted by Crippen LogP contribution is 2.26. The van der Waals surface area contributed by atoms with Crippen molar-refractivity contribution >= 4 is 17.2 Å². The number of amides is 1. The van der Waals surface area contributed by atoms with Crippen molar-refractivity contribution in [2.45, 2.75) is 20.5 Å². The van der Waals surface area contributed by atoms with Gasteiger partial charge < -0.3 is 14.5 Å². The van der Waals surface area contributed by atoms with E-state index in [1.165, 1.54) is 0 Å². The lowest BCUT2D eigenvalue weighted by Gasteiger charge is -2.23. The fraction of sp³-hybridized carbons (Fsp3) is 0.429. The number of thiophene rings is 1. The highest BCUT2D eigenvalue weighted by atomic mass is 32.1. The van der Waals surface area contributed by atoms with Crippen molar-refractivity contribution in [1.29, 1.82) is 0 Å². The van der Waals surface area contributed by atoms with E-state index in [-0.39, 0.29) is 12.5 Å². The van der Waals surface area contributed by atoms with Crippen molar-refractivity contribution in [2.75, 3.05) is 40.8 Å². The molecule has 0 bridgehead atoms. The van der Waals surface area contributed by atoms with Crippen LogP contribution in [0.2, 0.25) is 0 Å². The molecule has 3 aromatic heterocycles. The average molecular weight is 429 g/mol. The zero-order chi connectivity index (χ0) is 21.7. The number of nitrogens with zero attached hydrogens (tertiary/aromatic N) is 6. The summed E-state index contributed by atoms with van der Waals surface area (Å²) in [6.07, 6.45) is 3.37. The summed E-state index contributed by atoms with van der Waals surface area (Å²) in [6, 6.07) is 4.02. The Morgan fingerprint density at radius 2 is 2.07 bits per heavy atom. The first-order chi connectivity index (χ1) is 14.5. The van der Waals surface area contributed by atoms with Crippen molar-refractivity contribution in [3.8, 4) is 16.5 Å². The first-order valence-corrected chi connectivity index (χ1v) is 10.7. The van der Waals surface area contributed by atoms with E-state index in [4.69, 9.17) is 9.72 Å². The standard InChI is InChI=1S/C21H28N6O2S/c1-6-26(10-9-25(3)4)20(28)16-13-23-27(17(16)14-29-5)21-22-12-15(2)19(24-21)18-8-7-11-30-18/h7-8,11-13H,6,9-10,14H2,1-5H3. The van der Waals surface area contributed by atoms with Gasteiger partial charge in [0, 0.05) is 32.9 Å². The van der Waals surface area contributed by atoms with Crippen LogP contribution in [0.1, 0.15) is 28.5 Å². The van der Waals surface area contributed by atoms with Crippen LogP contribution >= 0.6 is 11.3 Å². The molecule has 30 heavy (non-hydrogen) atoms. The number of ether oxygens (including phenoxy) is 1. The first-order valence-electron chi connectivity index (χ1n) is 9.84. The zero-order valence-corrected chi connectivity index (χ0v) is 18.9. The van der Waals surface area contributed by atoms with Crippen LogP contribution < -0.4 is 0 Å². The smallest absolute Gasteiger partial charge is 0.257 e. The second-order valence-corrected chi connectivity index (χ2v) is 8.16. The molecule has 3 rings (SSSR count). The summed E-state index contributed by atoms with van der Waals surface area (Å²) in [5.74, 6) is 0.356. The third-order valence-electron chi connectivity index (χ3n) is 4.77. The molecule has 3 heterocycles. The van der Waals surface area contributed by atoms with Crippen LogP contribution in [0.5, 0.6) is 0 Å². The minimum absolute atomic E-state index is 0.0664. The molecular weight excluding hydrogens is 400 g/mol. The van der Waals surface area contributed by atoms with Crippen molar-refractivity contribution in [1.82, 2.24) is 29.5 Å². The van der Waals surface area contributed by atoms with Crippen LogP contribution in [-0.4, -0.2) is 76.3 Å². The van der Waals surface area contributed by atoms with Gasteiger partial charge in [-0.2, -0.15) is 9.78 Å². The van der Waals surface area contributed by atoms with Crippen LogP contribution in [0.15, 0.2) is 29.9 Å². The molecule has 0 aromatic carbocycles. The normalized spacial score (nSPS) is 11.3. The molecule has 0 saturated heterocycles. The largest absolute Gasteiger partial charge is 0.378 e. The van der Waals surface area contributed by atoms with Gasteiger partial charge in [-0.3, -0.25) is 4.79 Å². The van der Waals surface area contributed by atoms with Gasteiger partial charge in [0.25, 0.3) is 11.9 Å². The number of carbonyl (C=O) groups excluding carboxylic acids is 1. The van der Waals surface area contributed by atoms with E-state index in [2.05, 4.69) is 15.0 Å². The first kappa shape index (κ1) is 22.1. The van der Waals surface area contributed by atoms with Crippen LogP contribution in [0.25, 0.3) is 16.5 Å². The zero-order valence-electron chi connectivity index (χ0n) is 18.1. The minimum atomic E-state index is -0.0664. The van der Waals surface area contributed by atoms with Gasteiger partial charge >= 0.3 is 0 Å². The van der Waals surface area contributed by atoms with E-state index in [9.17, 15) is 4.79 Å². The highest BCUT2D eigenvalue weighted by molar-refractivity contribution is 7.13. The fourth-order valence-corrected chi connectivity index (χ4v) is 3.87. The Hall–Kier alpha value is -2.62. The lowest BCUT2D eigenvalue weighted by Crippen LogP contribution is -2.36. The summed E-state index contributed by atoms with van der Waals surface area (Å²) >= 11 is 1.62. The van der Waals surface area contributed by atoms with Gasteiger partial charge in [0.2, 0.25) is 0 Å². The maximum atomic E-state index is 13.2. The third-order valence-corrected chi connectivity index (χ3v) is 5.65. The van der Waals surface area contributed by atoms with Crippen LogP contribution in [0, 0.1) is 6.92 Å². The van der Waals surface area contributed by atoms with Crippen molar-refractivity contribution in [2.24, 2.45) is 0 Å². The molecule has 0 aliphatic rings. The monoisotopic (exact) mass is 428 g/mol. The molecule has 0 saturated carbocycles. The fourth-order valence-electron chi connectivity index (χ4n) is 3.09. The van der Waals surface area contributed by atoms with Crippen molar-refractivity contribution < 1.29 is 9.53 Å². The summed E-state index contributed by atoms with van der Waals surface area (Å²) in [5, 5.41) is 6.47. The number of hydrogen-bond acceptors (Lipinski definition) is 7. The number of hydrogen-bond donors (Lipinski definition) is 0. The Bertz CT molecular complexity index is 984. The van der Waals surface area contributed by atoms with Gasteiger partial charge in [-0.1, -0.05) is 6.07 Å². The Labute approximate surface area is 181 Å². The van der Waals surface area contributed by atoms with E-state index in [1.807, 2.05) is 50.4 Å². The molecule has 0 unspecified atom stereocenters. The predicted octanol–water partition coefficient (Wildman–Crippen LogP) is 2.87. The molecule has 0 spiro atoms. The van der Waals surface area contributed by atoms with Crippen molar-refractivity contribution in [3.63, 3.8) is 0 Å². The number of carbonyl (C=O) groups is 1. The van der Waals surface area contributed by atoms with Gasteiger partial charge in [-0.05, 0) is 45.0 Å². The summed E-state index contributed by atoms with van der Waals surface area (Å²) in [5.41, 5.74) is 3.01. The summed E-state index contributed by atoms with van der Waals surface area (Å²) < 4.78 is 6.99. The van der Waals surface area contributed by atoms with Gasteiger partial charge in [-0.15, -0.1) is 11.3 Å². The number of aromatic nitrogens is 4. The molecule has 0 N–H and O–H groups in total. The lowest BCUT2D eigenvalue weighted by molar-refractivity contribution is 0.0749. The summed E-state index contributed by atoms with van der Waals surface area (Å²) in [7, 11) is 5.58. The lowest BCUT2D eigenvalue weighted by atomic mass is 10.2. The SMILES string of the molecule is CCN(CCN(C)C)C(=O)c1cnn(-c2ncc(C)c(-c3cccs3)n2)c1COC. The molecule has 3 aromatic rings. The van der Waals surface area contributed by atoms with E-state index in [0.29, 0.717) is 30.3 Å². The quantitative estimate of drug-likeness (QED) is 0.522. The second-order valence-electron chi connectivity index (χ2n) is 7.22. The summed E-state index contributed by atoms with van der Waals surface area (Å²) in [4.78, 5) is 27.3. The Morgan fingerprint density at radius 1 is 1.27 bits per heavy atom. The number of rotatable bonds is 9. The van der Waals surface area contributed by atoms with Crippen LogP contribution in [0.4, 0.5) is 0 Å². The second kappa shape index (κ2) is 9.92. The molecule has 8 nitrogen and oxygen atoms in total. The number of methoxy groups -OCH3 is 1. The maximum Gasteiger partial charge on any atom is 0.257 e. The molecule has 0 aliphatic carbocycles. The molecule has 0 aliphatic heterocycles. The molecule has 0 fully saturated rings. The molecular formula is C21H28N6O2S. The van der Waals surface area contributed by atoms with Gasteiger partial charge in [0.15, 0.2) is 0 Å². The highest BCUT2D eigenvalue weighted by Gasteiger charge is 2.24. The van der Waals surface area contributed by atoms with Gasteiger partial charge in [0.05, 0.1) is 34.6 Å². The van der Waals surface area contributed by atoms with Gasteiger partial charge in [-0.25, -0.2) is 9.97 Å². The van der Waals surface area contributed by atoms with Crippen LogP contribution in [0.3, 0.4) is 0 Å². The van der Waals surface area contributed by atoms with E-state index < -0.39 is 0 Å². The van der Waals surface area contributed by atoms with Crippen molar-refractivity contribution in [3.05, 3.63) is 46.7 Å². The predicted molar refractivity (Wildman–Crippen MR) is 118 cm³/mol. The van der Waals surface area contributed by atoms with E-state index >= 15 is 0 Å². The third kappa shape index (κ3) is 4.75. The molecule has 0 atom stereocenters. The molecule has 160 valence electrons. The number of aryl methyl sites for hydroxylation is 1. The van der Waals surface area contributed by atoms with Crippen LogP contribution in [-0.2, 0) is 11.3 Å². The Kier molecular flexibility index (Phi) is 7.30. The Balaban J connectivity index is 1.99. The minimum Gasteiger partial charge on any atom is -0.378 e. The molecule has 0 radical (unpaired) electrons. The van der Waals surface area contributed by atoms with E-state index in [0.717, 1.165) is 22.7 Å². The maximum absolute atomic E-state index is 13.2. The number of likely N-dealkylation sites (N-methyl/N-ethyl adjacent to an activating group) is 2. The summed E-state index contributed by atoms with van der Waals surface area (Å²) in [6.45, 7) is 6.25. The topological polar surface area (TPSA) is 76.4 Å². The Morgan fingerprint density at radius 3 is 2.70 bits per heavy atom.